The summed E-state index contributed by atoms with van der Waals surface area (Å²) in [6.07, 6.45) is 10.1. The predicted octanol–water partition coefficient (Wildman–Crippen LogP) is 2.48. The Labute approximate surface area is 110 Å². The molecule has 3 rings (SSSR count). The van der Waals surface area contributed by atoms with Gasteiger partial charge in [0.05, 0.1) is 12.2 Å². The van der Waals surface area contributed by atoms with Crippen LogP contribution < -0.4 is 5.73 Å². The van der Waals surface area contributed by atoms with Gasteiger partial charge in [-0.1, -0.05) is 19.3 Å². The molecule has 104 valence electrons. The Morgan fingerprint density at radius 2 is 1.78 bits per heavy atom. The topological polar surface area (TPSA) is 44.5 Å². The van der Waals surface area contributed by atoms with Crippen molar-refractivity contribution in [3.8, 4) is 0 Å². The van der Waals surface area contributed by atoms with Crippen LogP contribution in [0.5, 0.6) is 0 Å². The average molecular weight is 253 g/mol. The maximum atomic E-state index is 6.51. The maximum absolute atomic E-state index is 6.51. The molecule has 0 aromatic heterocycles. The molecule has 3 atom stereocenters. The van der Waals surface area contributed by atoms with E-state index in [1.165, 1.54) is 38.5 Å². The van der Waals surface area contributed by atoms with Gasteiger partial charge in [-0.2, -0.15) is 0 Å². The zero-order valence-electron chi connectivity index (χ0n) is 11.4. The van der Waals surface area contributed by atoms with E-state index >= 15 is 0 Å². The summed E-state index contributed by atoms with van der Waals surface area (Å²) in [5.74, 6) is 1.25. The van der Waals surface area contributed by atoms with Gasteiger partial charge in [0.2, 0.25) is 0 Å². The van der Waals surface area contributed by atoms with Crippen LogP contribution in [0.2, 0.25) is 0 Å². The zero-order chi connectivity index (χ0) is 12.4. The van der Waals surface area contributed by atoms with Crippen molar-refractivity contribution in [1.82, 2.24) is 0 Å². The first-order valence-electron chi connectivity index (χ1n) is 7.76. The van der Waals surface area contributed by atoms with Gasteiger partial charge in [-0.15, -0.1) is 0 Å². The lowest BCUT2D eigenvalue weighted by Crippen LogP contribution is -2.48. The molecule has 0 radical (unpaired) electrons. The number of ether oxygens (including phenoxy) is 2. The van der Waals surface area contributed by atoms with Gasteiger partial charge in [0, 0.05) is 19.3 Å². The van der Waals surface area contributed by atoms with E-state index in [1.54, 1.807) is 0 Å². The molecule has 2 heterocycles. The van der Waals surface area contributed by atoms with Crippen molar-refractivity contribution in [2.75, 3.05) is 19.8 Å². The van der Waals surface area contributed by atoms with Crippen molar-refractivity contribution in [2.24, 2.45) is 17.6 Å². The summed E-state index contributed by atoms with van der Waals surface area (Å²) >= 11 is 0. The van der Waals surface area contributed by atoms with Crippen LogP contribution in [0.4, 0.5) is 0 Å². The lowest BCUT2D eigenvalue weighted by atomic mass is 9.72. The minimum atomic E-state index is 0.193. The molecular formula is C15H27NO2. The molecule has 0 aromatic carbocycles. The summed E-state index contributed by atoms with van der Waals surface area (Å²) in [6, 6.07) is 0.329. The Hall–Kier alpha value is -0.120. The number of hydrogen-bond donors (Lipinski definition) is 1. The minimum absolute atomic E-state index is 0.193. The van der Waals surface area contributed by atoms with Crippen LogP contribution in [-0.2, 0) is 9.47 Å². The van der Waals surface area contributed by atoms with Gasteiger partial charge in [0.1, 0.15) is 0 Å². The van der Waals surface area contributed by atoms with Crippen molar-refractivity contribution in [1.29, 1.82) is 0 Å². The Morgan fingerprint density at radius 1 is 1.00 bits per heavy atom. The van der Waals surface area contributed by atoms with E-state index in [9.17, 15) is 0 Å². The molecule has 1 saturated carbocycles. The first-order valence-corrected chi connectivity index (χ1v) is 7.76. The zero-order valence-corrected chi connectivity index (χ0v) is 11.4. The van der Waals surface area contributed by atoms with Crippen LogP contribution in [0.1, 0.15) is 51.4 Å². The molecule has 3 nitrogen and oxygen atoms in total. The van der Waals surface area contributed by atoms with Crippen LogP contribution >= 0.6 is 0 Å². The molecule has 0 bridgehead atoms. The highest BCUT2D eigenvalue weighted by Crippen LogP contribution is 2.42. The van der Waals surface area contributed by atoms with Gasteiger partial charge in [0.15, 0.2) is 0 Å². The highest BCUT2D eigenvalue weighted by molar-refractivity contribution is 4.94. The Bertz CT molecular complexity index is 264. The second-order valence-electron chi connectivity index (χ2n) is 6.55. The standard InChI is InChI=1S/C15H27NO2/c16-14(13-4-8-17-11-13)12-5-9-18-15(10-12)6-2-1-3-7-15/h12-14H,1-11,16H2. The summed E-state index contributed by atoms with van der Waals surface area (Å²) in [5.41, 5.74) is 6.70. The molecule has 1 spiro atoms. The third-order valence-electron chi connectivity index (χ3n) is 5.35. The Morgan fingerprint density at radius 3 is 2.50 bits per heavy atom. The summed E-state index contributed by atoms with van der Waals surface area (Å²) in [6.45, 7) is 2.71. The van der Waals surface area contributed by atoms with Crippen LogP contribution in [0.3, 0.4) is 0 Å². The highest BCUT2D eigenvalue weighted by Gasteiger charge is 2.41. The smallest absolute Gasteiger partial charge is 0.0685 e. The molecule has 0 aromatic rings. The average Bonchev–Trinajstić information content (AvgIpc) is 2.93. The maximum Gasteiger partial charge on any atom is 0.0685 e. The normalized spacial score (nSPS) is 37.8. The quantitative estimate of drug-likeness (QED) is 0.822. The van der Waals surface area contributed by atoms with Gasteiger partial charge >= 0.3 is 0 Å². The monoisotopic (exact) mass is 253 g/mol. The van der Waals surface area contributed by atoms with E-state index in [1.807, 2.05) is 0 Å². The van der Waals surface area contributed by atoms with Crippen LogP contribution in [0, 0.1) is 11.8 Å². The fraction of sp³-hybridized carbons (Fsp3) is 1.00. The molecule has 3 unspecified atom stereocenters. The molecule has 0 amide bonds. The second-order valence-corrected chi connectivity index (χ2v) is 6.55. The summed E-state index contributed by atoms with van der Waals surface area (Å²) in [7, 11) is 0. The van der Waals surface area contributed by atoms with Crippen molar-refractivity contribution >= 4 is 0 Å². The second kappa shape index (κ2) is 5.48. The molecule has 2 saturated heterocycles. The minimum Gasteiger partial charge on any atom is -0.381 e. The first kappa shape index (κ1) is 12.9. The molecule has 3 aliphatic rings. The Balaban J connectivity index is 1.62. The molecule has 18 heavy (non-hydrogen) atoms. The summed E-state index contributed by atoms with van der Waals surface area (Å²) < 4.78 is 11.7. The number of nitrogens with two attached hydrogens (primary N) is 1. The number of rotatable bonds is 2. The lowest BCUT2D eigenvalue weighted by Gasteiger charge is -2.45. The fourth-order valence-corrected chi connectivity index (χ4v) is 4.18. The van der Waals surface area contributed by atoms with Crippen LogP contribution in [0.15, 0.2) is 0 Å². The van der Waals surface area contributed by atoms with E-state index in [4.69, 9.17) is 15.2 Å². The molecule has 2 aliphatic heterocycles. The third kappa shape index (κ3) is 2.59. The SMILES string of the molecule is NC(C1CCOC1)C1CCOC2(CCCCC2)C1. The van der Waals surface area contributed by atoms with E-state index in [2.05, 4.69) is 0 Å². The summed E-state index contributed by atoms with van der Waals surface area (Å²) in [5, 5.41) is 0. The van der Waals surface area contributed by atoms with Crippen molar-refractivity contribution in [2.45, 2.75) is 63.0 Å². The fourth-order valence-electron chi connectivity index (χ4n) is 4.18. The van der Waals surface area contributed by atoms with Gasteiger partial charge in [-0.05, 0) is 43.9 Å². The molecule has 2 N–H and O–H groups in total. The van der Waals surface area contributed by atoms with E-state index in [0.717, 1.165) is 32.7 Å². The molecular weight excluding hydrogens is 226 g/mol. The molecule has 1 aliphatic carbocycles. The Kier molecular flexibility index (Phi) is 3.92. The van der Waals surface area contributed by atoms with Crippen molar-refractivity contribution < 1.29 is 9.47 Å². The van der Waals surface area contributed by atoms with Gasteiger partial charge < -0.3 is 15.2 Å². The predicted molar refractivity (Wildman–Crippen MR) is 71.4 cm³/mol. The van der Waals surface area contributed by atoms with Crippen molar-refractivity contribution in [3.05, 3.63) is 0 Å². The first-order chi connectivity index (χ1) is 8.79. The van der Waals surface area contributed by atoms with Gasteiger partial charge in [-0.3, -0.25) is 0 Å². The summed E-state index contributed by atoms with van der Waals surface area (Å²) in [4.78, 5) is 0. The highest BCUT2D eigenvalue weighted by atomic mass is 16.5. The van der Waals surface area contributed by atoms with E-state index in [-0.39, 0.29) is 5.60 Å². The van der Waals surface area contributed by atoms with Crippen LogP contribution in [0.25, 0.3) is 0 Å². The van der Waals surface area contributed by atoms with E-state index in [0.29, 0.717) is 17.9 Å². The van der Waals surface area contributed by atoms with Crippen LogP contribution in [-0.4, -0.2) is 31.5 Å². The number of hydrogen-bond acceptors (Lipinski definition) is 3. The van der Waals surface area contributed by atoms with Crippen molar-refractivity contribution in [3.63, 3.8) is 0 Å². The van der Waals surface area contributed by atoms with Gasteiger partial charge in [0.25, 0.3) is 0 Å². The van der Waals surface area contributed by atoms with Gasteiger partial charge in [-0.25, -0.2) is 0 Å². The third-order valence-corrected chi connectivity index (χ3v) is 5.35. The lowest BCUT2D eigenvalue weighted by molar-refractivity contribution is -0.122. The molecule has 3 heteroatoms. The van der Waals surface area contributed by atoms with E-state index < -0.39 is 0 Å². The largest absolute Gasteiger partial charge is 0.381 e. The molecule has 3 fully saturated rings.